The van der Waals surface area contributed by atoms with Crippen LogP contribution >= 0.6 is 0 Å². The zero-order valence-corrected chi connectivity index (χ0v) is 13.0. The van der Waals surface area contributed by atoms with Crippen LogP contribution < -0.4 is 0 Å². The summed E-state index contributed by atoms with van der Waals surface area (Å²) >= 11 is 0. The molecule has 3 aromatic carbocycles. The third-order valence-electron chi connectivity index (χ3n) is 4.18. The van der Waals surface area contributed by atoms with Crippen molar-refractivity contribution >= 4 is 0 Å². The lowest BCUT2D eigenvalue weighted by Crippen LogP contribution is -2.00. The Hall–Kier alpha value is -2.38. The molecule has 0 amide bonds. The lowest BCUT2D eigenvalue weighted by atomic mass is 9.96. The maximum absolute atomic E-state index is 10.6. The highest BCUT2D eigenvalue weighted by Gasteiger charge is 2.11. The molecule has 0 aliphatic heterocycles. The summed E-state index contributed by atoms with van der Waals surface area (Å²) in [6.45, 7) is 4.16. The Morgan fingerprint density at radius 2 is 1.23 bits per heavy atom. The molecule has 1 nitrogen and oxygen atoms in total. The van der Waals surface area contributed by atoms with Crippen molar-refractivity contribution < 1.29 is 5.11 Å². The van der Waals surface area contributed by atoms with Crippen molar-refractivity contribution in [3.63, 3.8) is 0 Å². The zero-order chi connectivity index (χ0) is 15.5. The summed E-state index contributed by atoms with van der Waals surface area (Å²) in [6, 6.07) is 24.5. The maximum Gasteiger partial charge on any atom is 0.104 e. The number of aliphatic hydroxyl groups excluding tert-OH is 1. The van der Waals surface area contributed by atoms with Crippen LogP contribution in [0, 0.1) is 13.8 Å². The number of benzene rings is 3. The molecular weight excluding hydrogens is 268 g/mol. The van der Waals surface area contributed by atoms with Gasteiger partial charge in [0.15, 0.2) is 0 Å². The Balaban J connectivity index is 1.87. The minimum Gasteiger partial charge on any atom is -0.384 e. The second kappa shape index (κ2) is 6.17. The molecule has 0 aliphatic carbocycles. The highest BCUT2D eigenvalue weighted by atomic mass is 16.3. The monoisotopic (exact) mass is 288 g/mol. The molecule has 0 aromatic heterocycles. The quantitative estimate of drug-likeness (QED) is 0.715. The fourth-order valence-corrected chi connectivity index (χ4v) is 2.62. The van der Waals surface area contributed by atoms with E-state index in [0.29, 0.717) is 0 Å². The van der Waals surface area contributed by atoms with E-state index in [0.717, 1.165) is 16.7 Å². The van der Waals surface area contributed by atoms with E-state index in [9.17, 15) is 5.11 Å². The number of aryl methyl sites for hydroxylation is 2. The Bertz CT molecular complexity index is 758. The molecule has 0 spiro atoms. The van der Waals surface area contributed by atoms with E-state index in [1.807, 2.05) is 36.4 Å². The molecule has 3 rings (SSSR count). The molecule has 0 saturated heterocycles. The number of rotatable bonds is 3. The van der Waals surface area contributed by atoms with Crippen molar-refractivity contribution in [2.24, 2.45) is 0 Å². The summed E-state index contributed by atoms with van der Waals surface area (Å²) in [5, 5.41) is 10.6. The minimum atomic E-state index is -0.580. The summed E-state index contributed by atoms with van der Waals surface area (Å²) in [5.74, 6) is 0. The molecule has 0 saturated carbocycles. The molecule has 1 N–H and O–H groups in total. The van der Waals surface area contributed by atoms with E-state index < -0.39 is 6.10 Å². The van der Waals surface area contributed by atoms with Crippen LogP contribution in [-0.4, -0.2) is 5.11 Å². The SMILES string of the molecule is Cc1ccc([C@@H](O)c2ccc(-c3ccccc3)cc2)cc1C. The van der Waals surface area contributed by atoms with Gasteiger partial charge in [0.1, 0.15) is 6.10 Å². The van der Waals surface area contributed by atoms with Crippen LogP contribution in [0.5, 0.6) is 0 Å². The first-order valence-electron chi connectivity index (χ1n) is 7.56. The van der Waals surface area contributed by atoms with Crippen molar-refractivity contribution in [3.05, 3.63) is 95.1 Å². The van der Waals surface area contributed by atoms with E-state index in [1.165, 1.54) is 16.7 Å². The standard InChI is InChI=1S/C21H20O/c1-15-8-9-20(14-16(15)2)21(22)19-12-10-18(11-13-19)17-6-4-3-5-7-17/h3-14,21-22H,1-2H3/t21-/m0/s1. The van der Waals surface area contributed by atoms with Crippen molar-refractivity contribution in [3.8, 4) is 11.1 Å². The molecule has 22 heavy (non-hydrogen) atoms. The van der Waals surface area contributed by atoms with Gasteiger partial charge in [-0.25, -0.2) is 0 Å². The topological polar surface area (TPSA) is 20.2 Å². The number of hydrogen-bond donors (Lipinski definition) is 1. The molecule has 0 unspecified atom stereocenters. The fraction of sp³-hybridized carbons (Fsp3) is 0.143. The predicted octanol–water partition coefficient (Wildman–Crippen LogP) is 5.05. The zero-order valence-electron chi connectivity index (χ0n) is 13.0. The van der Waals surface area contributed by atoms with Crippen LogP contribution in [0.25, 0.3) is 11.1 Å². The van der Waals surface area contributed by atoms with Gasteiger partial charge in [-0.2, -0.15) is 0 Å². The summed E-state index contributed by atoms with van der Waals surface area (Å²) in [6.07, 6.45) is -0.580. The van der Waals surface area contributed by atoms with E-state index in [4.69, 9.17) is 0 Å². The van der Waals surface area contributed by atoms with Gasteiger partial charge < -0.3 is 5.11 Å². The molecule has 1 atom stereocenters. The van der Waals surface area contributed by atoms with E-state index in [2.05, 4.69) is 50.2 Å². The largest absolute Gasteiger partial charge is 0.384 e. The Morgan fingerprint density at radius 1 is 0.636 bits per heavy atom. The molecule has 0 radical (unpaired) electrons. The average molecular weight is 288 g/mol. The van der Waals surface area contributed by atoms with Gasteiger partial charge in [-0.1, -0.05) is 72.8 Å². The smallest absolute Gasteiger partial charge is 0.104 e. The summed E-state index contributed by atoms with van der Waals surface area (Å²) < 4.78 is 0. The Labute approximate surface area is 131 Å². The fourth-order valence-electron chi connectivity index (χ4n) is 2.62. The lowest BCUT2D eigenvalue weighted by Gasteiger charge is -2.14. The highest BCUT2D eigenvalue weighted by Crippen LogP contribution is 2.26. The van der Waals surface area contributed by atoms with Gasteiger partial charge in [-0.3, -0.25) is 0 Å². The van der Waals surface area contributed by atoms with Crippen molar-refractivity contribution in [1.29, 1.82) is 0 Å². The second-order valence-electron chi connectivity index (χ2n) is 5.73. The van der Waals surface area contributed by atoms with Gasteiger partial charge in [0, 0.05) is 0 Å². The third kappa shape index (κ3) is 2.95. The summed E-state index contributed by atoms with van der Waals surface area (Å²) in [4.78, 5) is 0. The van der Waals surface area contributed by atoms with E-state index in [-0.39, 0.29) is 0 Å². The highest BCUT2D eigenvalue weighted by molar-refractivity contribution is 5.63. The van der Waals surface area contributed by atoms with E-state index in [1.54, 1.807) is 0 Å². The van der Waals surface area contributed by atoms with Crippen molar-refractivity contribution in [2.45, 2.75) is 20.0 Å². The van der Waals surface area contributed by atoms with E-state index >= 15 is 0 Å². The third-order valence-corrected chi connectivity index (χ3v) is 4.18. The minimum absolute atomic E-state index is 0.580. The molecule has 1 heteroatoms. The first kappa shape index (κ1) is 14.6. The molecule has 3 aromatic rings. The second-order valence-corrected chi connectivity index (χ2v) is 5.73. The normalized spacial score (nSPS) is 12.1. The number of aliphatic hydroxyl groups is 1. The van der Waals surface area contributed by atoms with Crippen LogP contribution in [0.3, 0.4) is 0 Å². The van der Waals surface area contributed by atoms with Gasteiger partial charge in [-0.05, 0) is 47.2 Å². The number of hydrogen-bond acceptors (Lipinski definition) is 1. The van der Waals surface area contributed by atoms with Crippen LogP contribution in [-0.2, 0) is 0 Å². The average Bonchev–Trinajstić information content (AvgIpc) is 2.58. The van der Waals surface area contributed by atoms with Crippen LogP contribution in [0.15, 0.2) is 72.8 Å². The van der Waals surface area contributed by atoms with Gasteiger partial charge in [0.05, 0.1) is 0 Å². The molecule has 0 heterocycles. The first-order valence-corrected chi connectivity index (χ1v) is 7.56. The van der Waals surface area contributed by atoms with Crippen LogP contribution in [0.1, 0.15) is 28.4 Å². The molecule has 0 fully saturated rings. The molecule has 110 valence electrons. The molecule has 0 bridgehead atoms. The summed E-state index contributed by atoms with van der Waals surface area (Å²) in [7, 11) is 0. The Morgan fingerprint density at radius 3 is 1.86 bits per heavy atom. The predicted molar refractivity (Wildman–Crippen MR) is 91.9 cm³/mol. The maximum atomic E-state index is 10.6. The molecular formula is C21H20O. The van der Waals surface area contributed by atoms with Crippen molar-refractivity contribution in [2.75, 3.05) is 0 Å². The summed E-state index contributed by atoms with van der Waals surface area (Å²) in [5.41, 5.74) is 6.66. The molecule has 0 aliphatic rings. The van der Waals surface area contributed by atoms with Gasteiger partial charge in [0.2, 0.25) is 0 Å². The van der Waals surface area contributed by atoms with Gasteiger partial charge >= 0.3 is 0 Å². The van der Waals surface area contributed by atoms with Crippen LogP contribution in [0.2, 0.25) is 0 Å². The van der Waals surface area contributed by atoms with Gasteiger partial charge in [0.25, 0.3) is 0 Å². The lowest BCUT2D eigenvalue weighted by molar-refractivity contribution is 0.220. The van der Waals surface area contributed by atoms with Crippen LogP contribution in [0.4, 0.5) is 0 Å². The first-order chi connectivity index (χ1) is 10.6. The van der Waals surface area contributed by atoms with Crippen molar-refractivity contribution in [1.82, 2.24) is 0 Å². The Kier molecular flexibility index (Phi) is 4.08. The van der Waals surface area contributed by atoms with Gasteiger partial charge in [-0.15, -0.1) is 0 Å².